The first-order valence-electron chi connectivity index (χ1n) is 4.99. The van der Waals surface area contributed by atoms with Gasteiger partial charge in [0.2, 0.25) is 5.16 Å². The lowest BCUT2D eigenvalue weighted by Gasteiger charge is -2.05. The summed E-state index contributed by atoms with van der Waals surface area (Å²) in [6.45, 7) is 5.96. The van der Waals surface area contributed by atoms with Gasteiger partial charge in [-0.1, -0.05) is 16.9 Å². The van der Waals surface area contributed by atoms with Crippen LogP contribution >= 0.6 is 11.8 Å². The largest absolute Gasteiger partial charge is 0.361 e. The Kier molecular flexibility index (Phi) is 3.23. The highest BCUT2D eigenvalue weighted by Gasteiger charge is 2.10. The molecule has 2 heterocycles. The molecule has 0 radical (unpaired) electrons. The Morgan fingerprint density at radius 3 is 2.94 bits per heavy atom. The molecule has 0 amide bonds. The van der Waals surface area contributed by atoms with Crippen molar-refractivity contribution in [2.75, 3.05) is 0 Å². The molecule has 7 heteroatoms. The average molecular weight is 239 g/mol. The normalized spacial score (nSPS) is 11.2. The first-order chi connectivity index (χ1) is 7.66. The third-order valence-corrected chi connectivity index (χ3v) is 2.94. The Morgan fingerprint density at radius 2 is 2.31 bits per heavy atom. The maximum atomic E-state index is 4.99. The van der Waals surface area contributed by atoms with E-state index in [0.717, 1.165) is 16.6 Å². The van der Waals surface area contributed by atoms with Crippen molar-refractivity contribution in [1.29, 1.82) is 0 Å². The Hall–Kier alpha value is -1.37. The summed E-state index contributed by atoms with van der Waals surface area (Å²) in [6, 6.07) is 2.17. The molecule has 0 aliphatic carbocycles. The molecule has 0 fully saturated rings. The van der Waals surface area contributed by atoms with Crippen LogP contribution in [0, 0.1) is 6.92 Å². The van der Waals surface area contributed by atoms with Gasteiger partial charge in [-0.15, -0.1) is 5.10 Å². The number of aromatic nitrogens is 5. The molecule has 0 N–H and O–H groups in total. The fourth-order valence-electron chi connectivity index (χ4n) is 1.23. The lowest BCUT2D eigenvalue weighted by molar-refractivity contribution is 0.393. The number of hydrogen-bond acceptors (Lipinski definition) is 6. The van der Waals surface area contributed by atoms with E-state index in [1.807, 2.05) is 26.8 Å². The molecule has 6 nitrogen and oxygen atoms in total. The van der Waals surface area contributed by atoms with Crippen LogP contribution in [-0.4, -0.2) is 25.4 Å². The molecule has 2 aromatic rings. The molecule has 0 bridgehead atoms. The topological polar surface area (TPSA) is 69.6 Å². The van der Waals surface area contributed by atoms with Crippen molar-refractivity contribution in [3.8, 4) is 0 Å². The van der Waals surface area contributed by atoms with Crippen LogP contribution in [0.1, 0.15) is 31.3 Å². The molecule has 0 spiro atoms. The molecule has 2 aromatic heterocycles. The van der Waals surface area contributed by atoms with Gasteiger partial charge in [-0.2, -0.15) is 0 Å². The molecular formula is C9H13N5OS. The SMILES string of the molecule is Cc1cc(CSc2nnnn2C(C)C)no1. The van der Waals surface area contributed by atoms with Crippen LogP contribution in [0.3, 0.4) is 0 Å². The molecule has 0 aromatic carbocycles. The first-order valence-corrected chi connectivity index (χ1v) is 5.98. The highest BCUT2D eigenvalue weighted by Crippen LogP contribution is 2.21. The Labute approximate surface area is 97.4 Å². The lowest BCUT2D eigenvalue weighted by Crippen LogP contribution is -2.04. The van der Waals surface area contributed by atoms with E-state index in [-0.39, 0.29) is 6.04 Å². The summed E-state index contributed by atoms with van der Waals surface area (Å²) in [4.78, 5) is 0. The number of thioether (sulfide) groups is 1. The highest BCUT2D eigenvalue weighted by molar-refractivity contribution is 7.98. The van der Waals surface area contributed by atoms with Crippen molar-refractivity contribution in [1.82, 2.24) is 25.4 Å². The minimum Gasteiger partial charge on any atom is -0.361 e. The molecular weight excluding hydrogens is 226 g/mol. The zero-order valence-corrected chi connectivity index (χ0v) is 10.2. The van der Waals surface area contributed by atoms with Crippen LogP contribution in [0.15, 0.2) is 15.7 Å². The summed E-state index contributed by atoms with van der Waals surface area (Å²) in [5.41, 5.74) is 0.904. The van der Waals surface area contributed by atoms with E-state index >= 15 is 0 Å². The van der Waals surface area contributed by atoms with Crippen molar-refractivity contribution in [2.24, 2.45) is 0 Å². The van der Waals surface area contributed by atoms with Gasteiger partial charge in [0.25, 0.3) is 0 Å². The third-order valence-electron chi connectivity index (χ3n) is 1.98. The van der Waals surface area contributed by atoms with Gasteiger partial charge in [0, 0.05) is 11.8 Å². The summed E-state index contributed by atoms with van der Waals surface area (Å²) in [5, 5.41) is 16.3. The van der Waals surface area contributed by atoms with Gasteiger partial charge in [-0.25, -0.2) is 4.68 Å². The van der Waals surface area contributed by atoms with E-state index in [1.165, 1.54) is 0 Å². The molecule has 0 unspecified atom stereocenters. The quantitative estimate of drug-likeness (QED) is 0.758. The predicted octanol–water partition coefficient (Wildman–Crippen LogP) is 1.84. The fraction of sp³-hybridized carbons (Fsp3) is 0.556. The summed E-state index contributed by atoms with van der Waals surface area (Å²) in [5.74, 6) is 1.53. The Bertz CT molecular complexity index is 464. The van der Waals surface area contributed by atoms with Gasteiger partial charge in [0.05, 0.1) is 11.7 Å². The summed E-state index contributed by atoms with van der Waals surface area (Å²) < 4.78 is 6.78. The van der Waals surface area contributed by atoms with Crippen LogP contribution in [0.25, 0.3) is 0 Å². The summed E-state index contributed by atoms with van der Waals surface area (Å²) >= 11 is 1.55. The lowest BCUT2D eigenvalue weighted by atomic mass is 10.4. The minimum atomic E-state index is 0.261. The van der Waals surface area contributed by atoms with Gasteiger partial charge < -0.3 is 4.52 Å². The Morgan fingerprint density at radius 1 is 1.50 bits per heavy atom. The smallest absolute Gasteiger partial charge is 0.209 e. The number of aryl methyl sites for hydroxylation is 1. The van der Waals surface area contributed by atoms with Crippen LogP contribution in [0.2, 0.25) is 0 Å². The number of hydrogen-bond donors (Lipinski definition) is 0. The van der Waals surface area contributed by atoms with E-state index in [0.29, 0.717) is 5.75 Å². The number of rotatable bonds is 4. The van der Waals surface area contributed by atoms with E-state index in [1.54, 1.807) is 16.4 Å². The van der Waals surface area contributed by atoms with Gasteiger partial charge in [-0.3, -0.25) is 0 Å². The van der Waals surface area contributed by atoms with Crippen molar-refractivity contribution >= 4 is 11.8 Å². The molecule has 86 valence electrons. The van der Waals surface area contributed by atoms with Gasteiger partial charge in [0.1, 0.15) is 5.76 Å². The first kappa shape index (κ1) is 11.1. The molecule has 0 aliphatic rings. The maximum absolute atomic E-state index is 4.99. The van der Waals surface area contributed by atoms with Crippen LogP contribution in [0.5, 0.6) is 0 Å². The van der Waals surface area contributed by atoms with Crippen LogP contribution in [0.4, 0.5) is 0 Å². The standard InChI is InChI=1S/C9H13N5OS/c1-6(2)14-9(10-12-13-14)16-5-8-4-7(3)15-11-8/h4,6H,5H2,1-3H3. The number of nitrogens with zero attached hydrogens (tertiary/aromatic N) is 5. The van der Waals surface area contributed by atoms with E-state index in [4.69, 9.17) is 4.52 Å². The van der Waals surface area contributed by atoms with Gasteiger partial charge in [0.15, 0.2) is 0 Å². The second-order valence-electron chi connectivity index (χ2n) is 3.72. The molecule has 2 rings (SSSR count). The fourth-order valence-corrected chi connectivity index (χ4v) is 2.12. The summed E-state index contributed by atoms with van der Waals surface area (Å²) in [7, 11) is 0. The van der Waals surface area contributed by atoms with Gasteiger partial charge >= 0.3 is 0 Å². The van der Waals surface area contributed by atoms with E-state index in [2.05, 4.69) is 20.7 Å². The van der Waals surface area contributed by atoms with Gasteiger partial charge in [-0.05, 0) is 31.2 Å². The van der Waals surface area contributed by atoms with Crippen molar-refractivity contribution in [3.63, 3.8) is 0 Å². The van der Waals surface area contributed by atoms with Crippen molar-refractivity contribution in [2.45, 2.75) is 37.7 Å². The summed E-state index contributed by atoms with van der Waals surface area (Å²) in [6.07, 6.45) is 0. The number of tetrazole rings is 1. The molecule has 0 aliphatic heterocycles. The van der Waals surface area contributed by atoms with Crippen molar-refractivity contribution in [3.05, 3.63) is 17.5 Å². The molecule has 16 heavy (non-hydrogen) atoms. The second-order valence-corrected chi connectivity index (χ2v) is 4.66. The monoisotopic (exact) mass is 239 g/mol. The van der Waals surface area contributed by atoms with E-state index in [9.17, 15) is 0 Å². The highest BCUT2D eigenvalue weighted by atomic mass is 32.2. The zero-order chi connectivity index (χ0) is 11.5. The third kappa shape index (κ3) is 2.41. The molecule has 0 saturated carbocycles. The predicted molar refractivity (Wildman–Crippen MR) is 59.0 cm³/mol. The average Bonchev–Trinajstić information content (AvgIpc) is 2.83. The second kappa shape index (κ2) is 4.65. The molecule has 0 atom stereocenters. The molecule has 0 saturated heterocycles. The van der Waals surface area contributed by atoms with E-state index < -0.39 is 0 Å². The van der Waals surface area contributed by atoms with Crippen LogP contribution < -0.4 is 0 Å². The zero-order valence-electron chi connectivity index (χ0n) is 9.41. The van der Waals surface area contributed by atoms with Crippen molar-refractivity contribution < 1.29 is 4.52 Å². The Balaban J connectivity index is 2.02. The van der Waals surface area contributed by atoms with Crippen LogP contribution in [-0.2, 0) is 5.75 Å². The minimum absolute atomic E-state index is 0.261. The maximum Gasteiger partial charge on any atom is 0.209 e.